The van der Waals surface area contributed by atoms with E-state index in [1.165, 1.54) is 5.39 Å². The molecule has 4 heteroatoms. The van der Waals surface area contributed by atoms with Crippen LogP contribution >= 0.6 is 0 Å². The highest BCUT2D eigenvalue weighted by atomic mass is 16.2. The maximum atomic E-state index is 12.0. The SMILES string of the molecule is Cc1nn(C)c2cc3c(cc12)C=CC(=O)[N+]31CC1. The summed E-state index contributed by atoms with van der Waals surface area (Å²) in [5, 5.41) is 5.63. The van der Waals surface area contributed by atoms with Crippen LogP contribution in [0.4, 0.5) is 5.69 Å². The Hall–Kier alpha value is -1.94. The van der Waals surface area contributed by atoms with Gasteiger partial charge < -0.3 is 0 Å². The number of nitrogens with zero attached hydrogens (tertiary/aromatic N) is 3. The molecule has 1 fully saturated rings. The number of benzene rings is 1. The standard InChI is InChI=1S/C14H14N3O/c1-9-11-7-10-3-4-14(18)17(5-6-17)13(10)8-12(11)16(2)15-9/h3-4,7-8H,5-6H2,1-2H3/q+1. The summed E-state index contributed by atoms with van der Waals surface area (Å²) >= 11 is 0. The quantitative estimate of drug-likeness (QED) is 0.519. The molecule has 1 spiro atoms. The third-order valence-corrected chi connectivity index (χ3v) is 4.14. The van der Waals surface area contributed by atoms with E-state index >= 15 is 0 Å². The van der Waals surface area contributed by atoms with Gasteiger partial charge >= 0.3 is 5.91 Å². The monoisotopic (exact) mass is 240 g/mol. The fourth-order valence-electron chi connectivity index (χ4n) is 2.97. The topological polar surface area (TPSA) is 34.9 Å². The highest BCUT2D eigenvalue weighted by Gasteiger charge is 2.53. The number of quaternary nitrogens is 1. The molecule has 2 aliphatic rings. The summed E-state index contributed by atoms with van der Waals surface area (Å²) < 4.78 is 2.40. The predicted octanol–water partition coefficient (Wildman–Crippen LogP) is 1.76. The van der Waals surface area contributed by atoms with Gasteiger partial charge in [-0.2, -0.15) is 5.10 Å². The molecule has 0 radical (unpaired) electrons. The van der Waals surface area contributed by atoms with E-state index in [2.05, 4.69) is 17.2 Å². The van der Waals surface area contributed by atoms with Gasteiger partial charge in [-0.3, -0.25) is 4.68 Å². The number of aryl methyl sites for hydroxylation is 2. The summed E-state index contributed by atoms with van der Waals surface area (Å²) in [7, 11) is 1.95. The average Bonchev–Trinajstić information content (AvgIpc) is 3.09. The van der Waals surface area contributed by atoms with Gasteiger partial charge in [-0.15, -0.1) is 0 Å². The molecule has 2 aromatic rings. The van der Waals surface area contributed by atoms with E-state index in [1.807, 2.05) is 24.7 Å². The molecule has 0 N–H and O–H groups in total. The van der Waals surface area contributed by atoms with Gasteiger partial charge in [0.05, 0.1) is 11.2 Å². The first-order valence-corrected chi connectivity index (χ1v) is 6.19. The second-order valence-electron chi connectivity index (χ2n) is 5.22. The minimum absolute atomic E-state index is 0.209. The van der Waals surface area contributed by atoms with Gasteiger partial charge in [0, 0.05) is 30.1 Å². The van der Waals surface area contributed by atoms with Crippen molar-refractivity contribution in [3.63, 3.8) is 0 Å². The average molecular weight is 240 g/mol. The number of hydrogen-bond acceptors (Lipinski definition) is 2. The maximum Gasteiger partial charge on any atom is 0.344 e. The molecule has 0 aliphatic carbocycles. The lowest BCUT2D eigenvalue weighted by molar-refractivity contribution is -0.120. The Morgan fingerprint density at radius 3 is 2.78 bits per heavy atom. The van der Waals surface area contributed by atoms with Crippen LogP contribution in [0.25, 0.3) is 17.0 Å². The summed E-state index contributed by atoms with van der Waals surface area (Å²) in [4.78, 5) is 12.0. The molecule has 18 heavy (non-hydrogen) atoms. The molecule has 1 amide bonds. The van der Waals surface area contributed by atoms with Gasteiger partial charge in [-0.05, 0) is 19.1 Å². The lowest BCUT2D eigenvalue weighted by Crippen LogP contribution is -2.35. The van der Waals surface area contributed by atoms with E-state index in [1.54, 1.807) is 6.08 Å². The third-order valence-electron chi connectivity index (χ3n) is 4.14. The molecular formula is C14H14N3O+. The van der Waals surface area contributed by atoms with Crippen molar-refractivity contribution in [3.05, 3.63) is 29.5 Å². The fourth-order valence-corrected chi connectivity index (χ4v) is 2.97. The number of carbonyl (C=O) groups excluding carboxylic acids is 1. The van der Waals surface area contributed by atoms with Gasteiger partial charge in [0.2, 0.25) is 0 Å². The van der Waals surface area contributed by atoms with Crippen molar-refractivity contribution >= 4 is 28.6 Å². The molecule has 2 aliphatic heterocycles. The first-order chi connectivity index (χ1) is 8.62. The van der Waals surface area contributed by atoms with Crippen molar-refractivity contribution in [2.24, 2.45) is 7.05 Å². The normalized spacial score (nSPS) is 19.6. The fraction of sp³-hybridized carbons (Fsp3) is 0.286. The third kappa shape index (κ3) is 1.04. The minimum atomic E-state index is 0.209. The Bertz CT molecular complexity index is 735. The largest absolute Gasteiger partial charge is 0.344 e. The Morgan fingerprint density at radius 1 is 1.28 bits per heavy atom. The first kappa shape index (κ1) is 10.0. The van der Waals surface area contributed by atoms with Gasteiger partial charge in [-0.1, -0.05) is 0 Å². The van der Waals surface area contributed by atoms with Crippen LogP contribution in [0.1, 0.15) is 11.3 Å². The zero-order chi connectivity index (χ0) is 12.5. The number of amides is 1. The Morgan fingerprint density at radius 2 is 2.06 bits per heavy atom. The summed E-state index contributed by atoms with van der Waals surface area (Å²) in [5.74, 6) is 0.209. The van der Waals surface area contributed by atoms with E-state index in [0.717, 1.165) is 35.6 Å². The number of carbonyl (C=O) groups is 1. The minimum Gasteiger partial charge on any atom is -0.267 e. The Balaban J connectivity index is 2.10. The smallest absolute Gasteiger partial charge is 0.267 e. The van der Waals surface area contributed by atoms with Crippen LogP contribution in [-0.2, 0) is 11.8 Å². The van der Waals surface area contributed by atoms with Gasteiger partial charge in [0.25, 0.3) is 0 Å². The lowest BCUT2D eigenvalue weighted by Gasteiger charge is -2.19. The number of aromatic nitrogens is 2. The van der Waals surface area contributed by atoms with Crippen molar-refractivity contribution < 1.29 is 4.79 Å². The molecule has 90 valence electrons. The molecule has 0 unspecified atom stereocenters. The molecular weight excluding hydrogens is 226 g/mol. The van der Waals surface area contributed by atoms with E-state index in [-0.39, 0.29) is 5.91 Å². The molecule has 1 saturated heterocycles. The number of hydrogen-bond donors (Lipinski definition) is 0. The van der Waals surface area contributed by atoms with Crippen LogP contribution in [0.15, 0.2) is 18.2 Å². The Labute approximate surface area is 105 Å². The molecule has 4 nitrogen and oxygen atoms in total. The van der Waals surface area contributed by atoms with Crippen LogP contribution in [0.3, 0.4) is 0 Å². The Kier molecular flexibility index (Phi) is 1.61. The summed E-state index contributed by atoms with van der Waals surface area (Å²) in [6.07, 6.45) is 3.65. The van der Waals surface area contributed by atoms with E-state index in [0.29, 0.717) is 4.48 Å². The molecule has 1 aromatic heterocycles. The van der Waals surface area contributed by atoms with E-state index in [4.69, 9.17) is 0 Å². The second kappa shape index (κ2) is 2.90. The van der Waals surface area contributed by atoms with Crippen molar-refractivity contribution in [1.82, 2.24) is 14.3 Å². The summed E-state index contributed by atoms with van der Waals surface area (Å²) in [5.41, 5.74) is 4.45. The van der Waals surface area contributed by atoms with Crippen molar-refractivity contribution in [1.29, 1.82) is 0 Å². The highest BCUT2D eigenvalue weighted by Crippen LogP contribution is 2.41. The highest BCUT2D eigenvalue weighted by molar-refractivity contribution is 6.08. The van der Waals surface area contributed by atoms with E-state index in [9.17, 15) is 4.79 Å². The van der Waals surface area contributed by atoms with Crippen molar-refractivity contribution in [2.75, 3.05) is 13.1 Å². The van der Waals surface area contributed by atoms with Gasteiger partial charge in [0.15, 0.2) is 0 Å². The molecule has 0 saturated carbocycles. The van der Waals surface area contributed by atoms with Crippen LogP contribution in [0.5, 0.6) is 0 Å². The van der Waals surface area contributed by atoms with Crippen LogP contribution in [0.2, 0.25) is 0 Å². The van der Waals surface area contributed by atoms with Crippen molar-refractivity contribution in [2.45, 2.75) is 6.92 Å². The molecule has 3 heterocycles. The van der Waals surface area contributed by atoms with Crippen molar-refractivity contribution in [3.8, 4) is 0 Å². The molecule has 0 bridgehead atoms. The predicted molar refractivity (Wildman–Crippen MR) is 71.0 cm³/mol. The maximum absolute atomic E-state index is 12.0. The molecule has 0 atom stereocenters. The van der Waals surface area contributed by atoms with E-state index < -0.39 is 0 Å². The second-order valence-corrected chi connectivity index (χ2v) is 5.22. The first-order valence-electron chi connectivity index (χ1n) is 6.19. The zero-order valence-corrected chi connectivity index (χ0v) is 10.5. The number of rotatable bonds is 0. The zero-order valence-electron chi connectivity index (χ0n) is 10.5. The molecule has 4 rings (SSSR count). The molecule has 1 aromatic carbocycles. The van der Waals surface area contributed by atoms with Crippen LogP contribution in [0, 0.1) is 6.92 Å². The van der Waals surface area contributed by atoms with Gasteiger partial charge in [-0.25, -0.2) is 9.28 Å². The van der Waals surface area contributed by atoms with Crippen LogP contribution in [-0.4, -0.2) is 28.8 Å². The lowest BCUT2D eigenvalue weighted by atomic mass is 10.0. The number of fused-ring (bicyclic) bond motifs is 3. The summed E-state index contributed by atoms with van der Waals surface area (Å²) in [6.45, 7) is 3.88. The summed E-state index contributed by atoms with van der Waals surface area (Å²) in [6, 6.07) is 4.30. The van der Waals surface area contributed by atoms with Crippen LogP contribution < -0.4 is 4.48 Å². The van der Waals surface area contributed by atoms with Gasteiger partial charge in [0.1, 0.15) is 18.8 Å².